The van der Waals surface area contributed by atoms with Crippen LogP contribution in [0.5, 0.6) is 11.5 Å². The number of anilines is 1. The number of carbonyl (C=O) groups is 1. The molecule has 0 unspecified atom stereocenters. The molecule has 0 aliphatic heterocycles. The number of amides is 1. The van der Waals surface area contributed by atoms with Gasteiger partial charge in [-0.25, -0.2) is 0 Å². The van der Waals surface area contributed by atoms with Crippen molar-refractivity contribution in [1.29, 1.82) is 5.26 Å². The van der Waals surface area contributed by atoms with Crippen LogP contribution < -0.4 is 14.8 Å². The number of carbonyl (C=O) groups excluding carboxylic acids is 1. The third-order valence-electron chi connectivity index (χ3n) is 5.63. The maximum Gasteiger partial charge on any atom is 0.416 e. The first kappa shape index (κ1) is 26.6. The van der Waals surface area contributed by atoms with E-state index in [0.717, 1.165) is 34.5 Å². The smallest absolute Gasteiger partial charge is 0.416 e. The van der Waals surface area contributed by atoms with Crippen molar-refractivity contribution < 1.29 is 27.4 Å². The van der Waals surface area contributed by atoms with Gasteiger partial charge in [-0.05, 0) is 58.3 Å². The first-order chi connectivity index (χ1) is 18.2. The lowest BCUT2D eigenvalue weighted by Crippen LogP contribution is -2.14. The Kier molecular flexibility index (Phi) is 7.89. The van der Waals surface area contributed by atoms with Crippen molar-refractivity contribution in [3.05, 3.63) is 106 Å². The molecule has 0 atom stereocenters. The molecular weight excluding hydrogens is 517 g/mol. The second kappa shape index (κ2) is 11.3. The van der Waals surface area contributed by atoms with Gasteiger partial charge in [0.2, 0.25) is 0 Å². The van der Waals surface area contributed by atoms with Gasteiger partial charge in [-0.15, -0.1) is 0 Å². The quantitative estimate of drug-likeness (QED) is 0.194. The van der Waals surface area contributed by atoms with Gasteiger partial charge in [0.15, 0.2) is 11.5 Å². The van der Waals surface area contributed by atoms with Gasteiger partial charge in [0.05, 0.1) is 17.7 Å². The summed E-state index contributed by atoms with van der Waals surface area (Å²) in [5, 5.41) is 14.1. The number of nitrogens with zero attached hydrogens (tertiary/aromatic N) is 1. The fourth-order valence-electron chi connectivity index (χ4n) is 3.82. The first-order valence-electron chi connectivity index (χ1n) is 11.3. The molecule has 5 nitrogen and oxygen atoms in total. The lowest BCUT2D eigenvalue weighted by atomic mass is 10.1. The average molecular weight is 537 g/mol. The van der Waals surface area contributed by atoms with Gasteiger partial charge >= 0.3 is 6.18 Å². The highest BCUT2D eigenvalue weighted by Gasteiger charge is 2.30. The minimum Gasteiger partial charge on any atom is -0.493 e. The summed E-state index contributed by atoms with van der Waals surface area (Å²) in [6.07, 6.45) is -3.31. The van der Waals surface area contributed by atoms with E-state index >= 15 is 0 Å². The summed E-state index contributed by atoms with van der Waals surface area (Å²) in [5.41, 5.74) is -0.0551. The van der Waals surface area contributed by atoms with E-state index < -0.39 is 17.6 Å². The van der Waals surface area contributed by atoms with Gasteiger partial charge in [0.25, 0.3) is 5.91 Å². The number of rotatable bonds is 7. The topological polar surface area (TPSA) is 71.3 Å². The van der Waals surface area contributed by atoms with Crippen LogP contribution in [-0.2, 0) is 17.6 Å². The minimum absolute atomic E-state index is 0.0984. The highest BCUT2D eigenvalue weighted by atomic mass is 35.5. The van der Waals surface area contributed by atoms with Gasteiger partial charge in [0.1, 0.15) is 18.2 Å². The molecule has 1 N–H and O–H groups in total. The largest absolute Gasteiger partial charge is 0.493 e. The predicted molar refractivity (Wildman–Crippen MR) is 140 cm³/mol. The van der Waals surface area contributed by atoms with E-state index in [0.29, 0.717) is 5.56 Å². The summed E-state index contributed by atoms with van der Waals surface area (Å²) in [6.45, 7) is 0.218. The highest BCUT2D eigenvalue weighted by molar-refractivity contribution is 6.32. The summed E-state index contributed by atoms with van der Waals surface area (Å²) in [4.78, 5) is 12.6. The Bertz CT molecular complexity index is 1570. The summed E-state index contributed by atoms with van der Waals surface area (Å²) >= 11 is 6.47. The lowest BCUT2D eigenvalue weighted by molar-refractivity contribution is -0.137. The average Bonchev–Trinajstić information content (AvgIpc) is 2.90. The van der Waals surface area contributed by atoms with Crippen LogP contribution in [0.15, 0.2) is 84.4 Å². The van der Waals surface area contributed by atoms with Crippen molar-refractivity contribution in [3.8, 4) is 17.6 Å². The third kappa shape index (κ3) is 6.07. The van der Waals surface area contributed by atoms with E-state index in [1.54, 1.807) is 12.1 Å². The van der Waals surface area contributed by atoms with Crippen molar-refractivity contribution in [2.75, 3.05) is 12.4 Å². The summed E-state index contributed by atoms with van der Waals surface area (Å²) in [5.74, 6) is -0.316. The van der Waals surface area contributed by atoms with E-state index in [-0.39, 0.29) is 34.4 Å². The number of hydrogen-bond acceptors (Lipinski definition) is 4. The van der Waals surface area contributed by atoms with Crippen LogP contribution in [0.1, 0.15) is 16.7 Å². The molecule has 4 aromatic carbocycles. The molecule has 0 aliphatic carbocycles. The SMILES string of the molecule is COc1cc(/C=C(\C#N)C(=O)Nc2cccc(C(F)(F)F)c2)cc(Cl)c1OCc1cccc2ccccc12. The number of ether oxygens (including phenoxy) is 2. The van der Waals surface area contributed by atoms with Crippen molar-refractivity contribution in [1.82, 2.24) is 0 Å². The standard InChI is InChI=1S/C29H20ClF3N2O3/c1-37-26-14-18(12-21(16-34)28(36)35-23-10-5-9-22(15-23)29(31,32)33)13-25(30)27(26)38-17-20-8-4-7-19-6-2-3-11-24(19)20/h2-15H,17H2,1H3,(H,35,36)/b21-12+. The molecule has 4 aromatic rings. The van der Waals surface area contributed by atoms with Crippen LogP contribution in [0.2, 0.25) is 5.02 Å². The van der Waals surface area contributed by atoms with Crippen LogP contribution >= 0.6 is 11.6 Å². The molecule has 4 rings (SSSR count). The van der Waals surface area contributed by atoms with Gasteiger partial charge in [-0.1, -0.05) is 60.1 Å². The molecule has 0 spiro atoms. The Balaban J connectivity index is 1.56. The lowest BCUT2D eigenvalue weighted by Gasteiger charge is -2.14. The fraction of sp³-hybridized carbons (Fsp3) is 0.103. The maximum atomic E-state index is 13.0. The van der Waals surface area contributed by atoms with Crippen LogP contribution in [-0.4, -0.2) is 13.0 Å². The van der Waals surface area contributed by atoms with Crippen molar-refractivity contribution >= 4 is 40.0 Å². The molecule has 0 aromatic heterocycles. The van der Waals surface area contributed by atoms with Crippen LogP contribution in [0.4, 0.5) is 18.9 Å². The van der Waals surface area contributed by atoms with E-state index in [1.165, 1.54) is 25.3 Å². The monoisotopic (exact) mass is 536 g/mol. The molecule has 0 bridgehead atoms. The zero-order valence-corrected chi connectivity index (χ0v) is 20.7. The van der Waals surface area contributed by atoms with Crippen LogP contribution in [0.25, 0.3) is 16.8 Å². The number of nitriles is 1. The van der Waals surface area contributed by atoms with E-state index in [9.17, 15) is 23.2 Å². The second-order valence-electron chi connectivity index (χ2n) is 8.16. The molecule has 0 radical (unpaired) electrons. The van der Waals surface area contributed by atoms with Gasteiger partial charge < -0.3 is 14.8 Å². The Morgan fingerprint density at radius 1 is 1.05 bits per heavy atom. The summed E-state index contributed by atoms with van der Waals surface area (Å²) in [7, 11) is 1.43. The molecule has 0 saturated heterocycles. The molecule has 0 aliphatic rings. The van der Waals surface area contributed by atoms with E-state index in [1.807, 2.05) is 42.5 Å². The molecule has 0 fully saturated rings. The zero-order chi connectivity index (χ0) is 27.3. The number of nitrogens with one attached hydrogen (secondary N) is 1. The number of hydrogen-bond donors (Lipinski definition) is 1. The first-order valence-corrected chi connectivity index (χ1v) is 11.6. The molecule has 9 heteroatoms. The number of fused-ring (bicyclic) bond motifs is 1. The maximum absolute atomic E-state index is 13.0. The Hall–Kier alpha value is -4.48. The fourth-order valence-corrected chi connectivity index (χ4v) is 4.09. The van der Waals surface area contributed by atoms with Crippen molar-refractivity contribution in [2.45, 2.75) is 12.8 Å². The Morgan fingerprint density at radius 3 is 2.53 bits per heavy atom. The normalized spacial score (nSPS) is 11.6. The Morgan fingerprint density at radius 2 is 1.79 bits per heavy atom. The molecular formula is C29H20ClF3N2O3. The zero-order valence-electron chi connectivity index (χ0n) is 20.0. The van der Waals surface area contributed by atoms with Crippen LogP contribution in [0.3, 0.4) is 0 Å². The van der Waals surface area contributed by atoms with Crippen molar-refractivity contribution in [3.63, 3.8) is 0 Å². The highest BCUT2D eigenvalue weighted by Crippen LogP contribution is 2.38. The predicted octanol–water partition coefficient (Wildman–Crippen LogP) is 7.65. The summed E-state index contributed by atoms with van der Waals surface area (Å²) in [6, 6.07) is 22.7. The molecule has 1 amide bonds. The van der Waals surface area contributed by atoms with Gasteiger partial charge in [-0.3, -0.25) is 4.79 Å². The van der Waals surface area contributed by atoms with Gasteiger partial charge in [-0.2, -0.15) is 18.4 Å². The number of benzene rings is 4. The number of methoxy groups -OCH3 is 1. The number of halogens is 4. The molecule has 0 heterocycles. The van der Waals surface area contributed by atoms with Crippen LogP contribution in [0, 0.1) is 11.3 Å². The minimum atomic E-state index is -4.57. The summed E-state index contributed by atoms with van der Waals surface area (Å²) < 4.78 is 50.3. The molecule has 38 heavy (non-hydrogen) atoms. The van der Waals surface area contributed by atoms with E-state index in [4.69, 9.17) is 21.1 Å². The Labute approximate surface area is 221 Å². The molecule has 192 valence electrons. The van der Waals surface area contributed by atoms with Gasteiger partial charge in [0, 0.05) is 5.69 Å². The van der Waals surface area contributed by atoms with Crippen molar-refractivity contribution in [2.24, 2.45) is 0 Å². The molecule has 0 saturated carbocycles. The second-order valence-corrected chi connectivity index (χ2v) is 8.57. The number of alkyl halides is 3. The third-order valence-corrected chi connectivity index (χ3v) is 5.91. The van der Waals surface area contributed by atoms with E-state index in [2.05, 4.69) is 5.32 Å².